The molecule has 0 saturated carbocycles. The minimum absolute atomic E-state index is 0.211. The van der Waals surface area contributed by atoms with Gasteiger partial charge in [-0.2, -0.15) is 0 Å². The Morgan fingerprint density at radius 2 is 2.00 bits per heavy atom. The average Bonchev–Trinajstić information content (AvgIpc) is 2.69. The van der Waals surface area contributed by atoms with E-state index in [0.29, 0.717) is 5.56 Å². The average molecular weight is 357 g/mol. The summed E-state index contributed by atoms with van der Waals surface area (Å²) in [5.41, 5.74) is 1.64. The lowest BCUT2D eigenvalue weighted by Crippen LogP contribution is -2.29. The molecule has 5 heteroatoms. The Morgan fingerprint density at radius 3 is 2.55 bits per heavy atom. The van der Waals surface area contributed by atoms with E-state index in [9.17, 15) is 4.39 Å². The van der Waals surface area contributed by atoms with E-state index in [-0.39, 0.29) is 17.9 Å². The van der Waals surface area contributed by atoms with E-state index in [2.05, 4.69) is 40.1 Å². The molecule has 108 valence electrons. The van der Waals surface area contributed by atoms with E-state index >= 15 is 0 Å². The van der Waals surface area contributed by atoms with Gasteiger partial charge >= 0.3 is 0 Å². The van der Waals surface area contributed by atoms with E-state index < -0.39 is 0 Å². The monoisotopic (exact) mass is 356 g/mol. The van der Waals surface area contributed by atoms with Gasteiger partial charge in [-0.15, -0.1) is 11.3 Å². The molecule has 1 heterocycles. The largest absolute Gasteiger partial charge is 0.302 e. The predicted octanol–water partition coefficient (Wildman–Crippen LogP) is 4.75. The molecule has 0 aliphatic heterocycles. The second kappa shape index (κ2) is 6.33. The smallest absolute Gasteiger partial charge is 0.128 e. The number of benzene rings is 1. The summed E-state index contributed by atoms with van der Waals surface area (Å²) in [4.78, 5) is 5.76. The maximum absolute atomic E-state index is 14.2. The van der Waals surface area contributed by atoms with Gasteiger partial charge in [-0.1, -0.05) is 15.9 Å². The number of nitrogens with zero attached hydrogens (tertiary/aromatic N) is 1. The molecule has 0 bridgehead atoms. The van der Waals surface area contributed by atoms with Gasteiger partial charge < -0.3 is 5.32 Å². The third-order valence-corrected chi connectivity index (χ3v) is 4.69. The van der Waals surface area contributed by atoms with Crippen molar-refractivity contribution in [3.05, 3.63) is 49.6 Å². The number of hydrogen-bond donors (Lipinski definition) is 1. The van der Waals surface area contributed by atoms with Crippen molar-refractivity contribution in [3.8, 4) is 0 Å². The standard InChI is InChI=1S/C15H18BrFN2S/c1-8(2)18-14(15-19-9(3)10(4)20-15)12-7-11(16)5-6-13(12)17/h5-8,14,18H,1-4H3. The Bertz CT molecular complexity index is 590. The van der Waals surface area contributed by atoms with Crippen molar-refractivity contribution >= 4 is 27.3 Å². The number of thiazole rings is 1. The number of nitrogens with one attached hydrogen (secondary N) is 1. The molecule has 1 unspecified atom stereocenters. The van der Waals surface area contributed by atoms with Gasteiger partial charge in [0.25, 0.3) is 0 Å². The van der Waals surface area contributed by atoms with Crippen molar-refractivity contribution < 1.29 is 4.39 Å². The van der Waals surface area contributed by atoms with E-state index in [4.69, 9.17) is 0 Å². The zero-order valence-corrected chi connectivity index (χ0v) is 14.4. The van der Waals surface area contributed by atoms with Crippen molar-refractivity contribution in [2.75, 3.05) is 0 Å². The van der Waals surface area contributed by atoms with E-state index in [1.807, 2.05) is 19.9 Å². The van der Waals surface area contributed by atoms with Crippen LogP contribution in [0.2, 0.25) is 0 Å². The molecule has 1 aromatic heterocycles. The van der Waals surface area contributed by atoms with Crippen molar-refractivity contribution in [1.29, 1.82) is 0 Å². The first-order valence-corrected chi connectivity index (χ1v) is 8.14. The van der Waals surface area contributed by atoms with Crippen molar-refractivity contribution in [3.63, 3.8) is 0 Å². The van der Waals surface area contributed by atoms with E-state index in [0.717, 1.165) is 15.2 Å². The molecule has 2 rings (SSSR count). The Labute approximate surface area is 131 Å². The third-order valence-electron chi connectivity index (χ3n) is 3.06. The maximum Gasteiger partial charge on any atom is 0.128 e. The Balaban J connectivity index is 2.49. The quantitative estimate of drug-likeness (QED) is 0.854. The molecule has 2 aromatic rings. The fraction of sp³-hybridized carbons (Fsp3) is 0.400. The minimum atomic E-state index is -0.218. The highest BCUT2D eigenvalue weighted by Gasteiger charge is 2.22. The van der Waals surface area contributed by atoms with Crippen LogP contribution in [0.3, 0.4) is 0 Å². The van der Waals surface area contributed by atoms with Crippen LogP contribution in [0.25, 0.3) is 0 Å². The first-order chi connectivity index (χ1) is 9.38. The zero-order chi connectivity index (χ0) is 14.9. The van der Waals surface area contributed by atoms with Crippen molar-refractivity contribution in [2.24, 2.45) is 0 Å². The molecule has 20 heavy (non-hydrogen) atoms. The molecule has 1 atom stereocenters. The van der Waals surface area contributed by atoms with Gasteiger partial charge in [-0.05, 0) is 45.9 Å². The SMILES string of the molecule is Cc1nc(C(NC(C)C)c2cc(Br)ccc2F)sc1C. The Morgan fingerprint density at radius 1 is 1.30 bits per heavy atom. The van der Waals surface area contributed by atoms with Gasteiger partial charge in [0.05, 0.1) is 11.7 Å². The summed E-state index contributed by atoms with van der Waals surface area (Å²) >= 11 is 5.03. The Kier molecular flexibility index (Phi) is 4.94. The van der Waals surface area contributed by atoms with Crippen LogP contribution in [0, 0.1) is 19.7 Å². The van der Waals surface area contributed by atoms with E-state index in [1.165, 1.54) is 10.9 Å². The van der Waals surface area contributed by atoms with Crippen molar-refractivity contribution in [1.82, 2.24) is 10.3 Å². The van der Waals surface area contributed by atoms with Gasteiger partial charge in [0.1, 0.15) is 10.8 Å². The first kappa shape index (κ1) is 15.6. The molecule has 2 nitrogen and oxygen atoms in total. The molecule has 1 N–H and O–H groups in total. The lowest BCUT2D eigenvalue weighted by Gasteiger charge is -2.20. The number of aromatic nitrogens is 1. The second-order valence-electron chi connectivity index (χ2n) is 5.11. The van der Waals surface area contributed by atoms with Crippen LogP contribution in [0.1, 0.15) is 41.0 Å². The van der Waals surface area contributed by atoms with Crippen LogP contribution in [0.4, 0.5) is 4.39 Å². The molecule has 0 radical (unpaired) electrons. The summed E-state index contributed by atoms with van der Waals surface area (Å²) in [5.74, 6) is -0.211. The third kappa shape index (κ3) is 3.45. The van der Waals surface area contributed by atoms with Crippen LogP contribution < -0.4 is 5.32 Å². The summed E-state index contributed by atoms with van der Waals surface area (Å²) in [5, 5.41) is 4.32. The molecule has 0 aliphatic rings. The normalized spacial score (nSPS) is 12.9. The maximum atomic E-state index is 14.2. The highest BCUT2D eigenvalue weighted by Crippen LogP contribution is 2.31. The lowest BCUT2D eigenvalue weighted by molar-refractivity contribution is 0.501. The number of aryl methyl sites for hydroxylation is 2. The van der Waals surface area contributed by atoms with E-state index in [1.54, 1.807) is 17.4 Å². The first-order valence-electron chi connectivity index (χ1n) is 6.53. The highest BCUT2D eigenvalue weighted by molar-refractivity contribution is 9.10. The summed E-state index contributed by atoms with van der Waals surface area (Å²) in [6, 6.07) is 5.04. The predicted molar refractivity (Wildman–Crippen MR) is 85.8 cm³/mol. The number of rotatable bonds is 4. The summed E-state index contributed by atoms with van der Waals surface area (Å²) < 4.78 is 15.0. The summed E-state index contributed by atoms with van der Waals surface area (Å²) in [6.45, 7) is 8.13. The van der Waals surface area contributed by atoms with Crippen LogP contribution in [0.15, 0.2) is 22.7 Å². The Hall–Kier alpha value is -0.780. The molecule has 1 aromatic carbocycles. The fourth-order valence-electron chi connectivity index (χ4n) is 1.98. The van der Waals surface area contributed by atoms with Gasteiger partial charge in [0.15, 0.2) is 0 Å². The van der Waals surface area contributed by atoms with Crippen molar-refractivity contribution in [2.45, 2.75) is 39.8 Å². The number of hydrogen-bond acceptors (Lipinski definition) is 3. The van der Waals surface area contributed by atoms with Crippen LogP contribution >= 0.6 is 27.3 Å². The molecule has 0 spiro atoms. The molecule has 0 aliphatic carbocycles. The molecular weight excluding hydrogens is 339 g/mol. The zero-order valence-electron chi connectivity index (χ0n) is 12.0. The summed E-state index contributed by atoms with van der Waals surface area (Å²) in [7, 11) is 0. The molecular formula is C15H18BrFN2S. The lowest BCUT2D eigenvalue weighted by atomic mass is 10.1. The number of halogens is 2. The van der Waals surface area contributed by atoms with Crippen LogP contribution in [-0.2, 0) is 0 Å². The van der Waals surface area contributed by atoms with Gasteiger partial charge in [0.2, 0.25) is 0 Å². The summed E-state index contributed by atoms with van der Waals surface area (Å²) in [6.07, 6.45) is 0. The van der Waals surface area contributed by atoms with Gasteiger partial charge in [-0.3, -0.25) is 0 Å². The van der Waals surface area contributed by atoms with Gasteiger partial charge in [0, 0.05) is 21.0 Å². The fourth-order valence-corrected chi connectivity index (χ4v) is 3.37. The topological polar surface area (TPSA) is 24.9 Å². The van der Waals surface area contributed by atoms with Crippen LogP contribution in [0.5, 0.6) is 0 Å². The minimum Gasteiger partial charge on any atom is -0.302 e. The highest BCUT2D eigenvalue weighted by atomic mass is 79.9. The van der Waals surface area contributed by atoms with Crippen LogP contribution in [-0.4, -0.2) is 11.0 Å². The molecule has 0 saturated heterocycles. The molecule has 0 fully saturated rings. The van der Waals surface area contributed by atoms with Gasteiger partial charge in [-0.25, -0.2) is 9.37 Å². The second-order valence-corrected chi connectivity index (χ2v) is 7.26. The molecule has 0 amide bonds.